The van der Waals surface area contributed by atoms with Gasteiger partial charge in [-0.3, -0.25) is 14.4 Å². The number of ether oxygens (including phenoxy) is 1. The summed E-state index contributed by atoms with van der Waals surface area (Å²) in [7, 11) is 0. The molecule has 3 amide bonds. The molecule has 0 aromatic heterocycles. The molecule has 2 aliphatic rings. The molecule has 2 unspecified atom stereocenters. The lowest BCUT2D eigenvalue weighted by molar-refractivity contribution is -0.135. The van der Waals surface area contributed by atoms with Crippen molar-refractivity contribution < 1.29 is 19.1 Å². The first-order valence-electron chi connectivity index (χ1n) is 12.5. The first-order chi connectivity index (χ1) is 18.7. The SMILES string of the molecule is CC(c1ccc(Cl)cc1)N1C(=O)c2cc(I)ccc2N(CC(=O)N2CCOCC2)C(=O)C1c1ccc(Cl)cc1. The van der Waals surface area contributed by atoms with Crippen LogP contribution in [0, 0.1) is 3.57 Å². The Balaban J connectivity index is 1.65. The fourth-order valence-electron chi connectivity index (χ4n) is 5.02. The van der Waals surface area contributed by atoms with Crippen LogP contribution in [0.4, 0.5) is 5.69 Å². The summed E-state index contributed by atoms with van der Waals surface area (Å²) in [6.07, 6.45) is 0. The van der Waals surface area contributed by atoms with Crippen molar-refractivity contribution in [1.29, 1.82) is 0 Å². The van der Waals surface area contributed by atoms with Gasteiger partial charge >= 0.3 is 0 Å². The average molecular weight is 678 g/mol. The lowest BCUT2D eigenvalue weighted by Crippen LogP contribution is -2.49. The third kappa shape index (κ3) is 5.79. The number of nitrogens with zero attached hydrogens (tertiary/aromatic N) is 3. The highest BCUT2D eigenvalue weighted by Crippen LogP contribution is 2.40. The van der Waals surface area contributed by atoms with Crippen molar-refractivity contribution in [1.82, 2.24) is 9.80 Å². The van der Waals surface area contributed by atoms with E-state index in [1.807, 2.05) is 25.1 Å². The van der Waals surface area contributed by atoms with Crippen molar-refractivity contribution in [2.24, 2.45) is 0 Å². The number of benzene rings is 3. The van der Waals surface area contributed by atoms with Crippen LogP contribution in [-0.2, 0) is 14.3 Å². The Morgan fingerprint density at radius 1 is 0.974 bits per heavy atom. The van der Waals surface area contributed by atoms with E-state index in [2.05, 4.69) is 22.6 Å². The first kappa shape index (κ1) is 27.9. The van der Waals surface area contributed by atoms with Gasteiger partial charge in [0.2, 0.25) is 5.91 Å². The van der Waals surface area contributed by atoms with Crippen molar-refractivity contribution in [3.05, 3.63) is 97.0 Å². The molecule has 0 radical (unpaired) electrons. The van der Waals surface area contributed by atoms with E-state index < -0.39 is 12.1 Å². The number of hydrogen-bond acceptors (Lipinski definition) is 4. The predicted octanol–water partition coefficient (Wildman–Crippen LogP) is 5.75. The largest absolute Gasteiger partial charge is 0.378 e. The van der Waals surface area contributed by atoms with Gasteiger partial charge in [0.1, 0.15) is 12.6 Å². The van der Waals surface area contributed by atoms with E-state index in [1.165, 1.54) is 4.90 Å². The lowest BCUT2D eigenvalue weighted by Gasteiger charge is -2.36. The molecule has 202 valence electrons. The molecule has 2 atom stereocenters. The summed E-state index contributed by atoms with van der Waals surface area (Å²) >= 11 is 14.5. The standard InChI is InChI=1S/C29H26Cl2IN3O4/c1-18(19-2-6-21(30)7-3-19)35-27(20-4-8-22(31)9-5-20)29(38)34(17-26(36)33-12-14-39-15-13-33)25-11-10-23(32)16-24(25)28(35)37/h2-11,16,18,27H,12-15,17H2,1H3. The topological polar surface area (TPSA) is 70.2 Å². The van der Waals surface area contributed by atoms with Gasteiger partial charge in [-0.1, -0.05) is 47.5 Å². The van der Waals surface area contributed by atoms with Gasteiger partial charge in [-0.05, 0) is 83.1 Å². The molecule has 2 aliphatic heterocycles. The van der Waals surface area contributed by atoms with Gasteiger partial charge in [0.15, 0.2) is 0 Å². The van der Waals surface area contributed by atoms with Crippen molar-refractivity contribution in [3.8, 4) is 0 Å². The number of fused-ring (bicyclic) bond motifs is 1. The Bertz CT molecular complexity index is 1390. The molecule has 0 spiro atoms. The number of halogens is 3. The number of rotatable bonds is 5. The number of morpholine rings is 1. The third-order valence-electron chi connectivity index (χ3n) is 7.11. The van der Waals surface area contributed by atoms with E-state index in [9.17, 15) is 14.4 Å². The summed E-state index contributed by atoms with van der Waals surface area (Å²) in [6, 6.07) is 18.0. The van der Waals surface area contributed by atoms with E-state index in [-0.39, 0.29) is 24.3 Å². The van der Waals surface area contributed by atoms with Crippen molar-refractivity contribution in [2.75, 3.05) is 37.7 Å². The van der Waals surface area contributed by atoms with Crippen molar-refractivity contribution >= 4 is 69.2 Å². The van der Waals surface area contributed by atoms with Crippen LogP contribution in [-0.4, -0.2) is 60.4 Å². The normalized spacial score (nSPS) is 18.6. The zero-order valence-electron chi connectivity index (χ0n) is 21.1. The number of amides is 3. The molecule has 5 rings (SSSR count). The lowest BCUT2D eigenvalue weighted by atomic mass is 9.98. The van der Waals surface area contributed by atoms with Gasteiger partial charge in [0.05, 0.1) is 30.5 Å². The molecule has 39 heavy (non-hydrogen) atoms. The van der Waals surface area contributed by atoms with Gasteiger partial charge in [-0.25, -0.2) is 0 Å². The Labute approximate surface area is 250 Å². The quantitative estimate of drug-likeness (QED) is 0.323. The molecule has 1 fully saturated rings. The van der Waals surface area contributed by atoms with Gasteiger partial charge in [0.25, 0.3) is 11.8 Å². The second kappa shape index (κ2) is 11.8. The summed E-state index contributed by atoms with van der Waals surface area (Å²) < 4.78 is 6.24. The minimum atomic E-state index is -0.997. The van der Waals surface area contributed by atoms with Gasteiger partial charge in [0, 0.05) is 26.7 Å². The fourth-order valence-corrected chi connectivity index (χ4v) is 5.76. The first-order valence-corrected chi connectivity index (χ1v) is 14.4. The van der Waals surface area contributed by atoms with Crippen LogP contribution in [0.3, 0.4) is 0 Å². The van der Waals surface area contributed by atoms with E-state index in [0.717, 1.165) is 9.13 Å². The molecular weight excluding hydrogens is 652 g/mol. The van der Waals surface area contributed by atoms with E-state index in [0.29, 0.717) is 53.2 Å². The summed E-state index contributed by atoms with van der Waals surface area (Å²) in [6.45, 7) is 3.52. The van der Waals surface area contributed by atoms with Crippen LogP contribution in [0.5, 0.6) is 0 Å². The highest BCUT2D eigenvalue weighted by molar-refractivity contribution is 14.1. The summed E-state index contributed by atoms with van der Waals surface area (Å²) in [5.41, 5.74) is 2.20. The molecule has 0 N–H and O–H groups in total. The van der Waals surface area contributed by atoms with Crippen LogP contribution >= 0.6 is 45.8 Å². The molecule has 0 aliphatic carbocycles. The zero-order chi connectivity index (χ0) is 27.7. The van der Waals surface area contributed by atoms with Gasteiger partial charge < -0.3 is 19.4 Å². The minimum absolute atomic E-state index is 0.188. The summed E-state index contributed by atoms with van der Waals surface area (Å²) in [5.74, 6) is -0.869. The maximum atomic E-state index is 14.5. The Kier molecular flexibility index (Phi) is 8.46. The number of carbonyl (C=O) groups excluding carboxylic acids is 3. The molecule has 2 heterocycles. The summed E-state index contributed by atoms with van der Waals surface area (Å²) in [4.78, 5) is 47.0. The number of anilines is 1. The molecule has 0 saturated carbocycles. The molecule has 1 saturated heterocycles. The van der Waals surface area contributed by atoms with Crippen LogP contribution < -0.4 is 4.90 Å². The molecule has 0 bridgehead atoms. The van der Waals surface area contributed by atoms with Crippen LogP contribution in [0.15, 0.2) is 66.7 Å². The average Bonchev–Trinajstić information content (AvgIpc) is 3.03. The van der Waals surface area contributed by atoms with Gasteiger partial charge in [-0.2, -0.15) is 0 Å². The molecule has 7 nitrogen and oxygen atoms in total. The molecule has 3 aromatic carbocycles. The van der Waals surface area contributed by atoms with Crippen LogP contribution in [0.1, 0.15) is 40.5 Å². The van der Waals surface area contributed by atoms with Crippen molar-refractivity contribution in [3.63, 3.8) is 0 Å². The van der Waals surface area contributed by atoms with E-state index >= 15 is 0 Å². The zero-order valence-corrected chi connectivity index (χ0v) is 24.8. The molecule has 10 heteroatoms. The second-order valence-corrected chi connectivity index (χ2v) is 11.6. The fraction of sp³-hybridized carbons (Fsp3) is 0.276. The monoisotopic (exact) mass is 677 g/mol. The van der Waals surface area contributed by atoms with E-state index in [1.54, 1.807) is 58.3 Å². The maximum Gasteiger partial charge on any atom is 0.257 e. The van der Waals surface area contributed by atoms with E-state index in [4.69, 9.17) is 27.9 Å². The minimum Gasteiger partial charge on any atom is -0.378 e. The molecule has 3 aromatic rings. The second-order valence-electron chi connectivity index (χ2n) is 9.47. The maximum absolute atomic E-state index is 14.5. The Hall–Kier alpha value is -2.66. The van der Waals surface area contributed by atoms with Crippen LogP contribution in [0.25, 0.3) is 0 Å². The van der Waals surface area contributed by atoms with Gasteiger partial charge in [-0.15, -0.1) is 0 Å². The highest BCUT2D eigenvalue weighted by atomic mass is 127. The Morgan fingerprint density at radius 3 is 2.23 bits per heavy atom. The smallest absolute Gasteiger partial charge is 0.257 e. The number of hydrogen-bond donors (Lipinski definition) is 0. The third-order valence-corrected chi connectivity index (χ3v) is 8.28. The van der Waals surface area contributed by atoms with Crippen molar-refractivity contribution in [2.45, 2.75) is 19.0 Å². The number of carbonyl (C=O) groups is 3. The van der Waals surface area contributed by atoms with Crippen LogP contribution in [0.2, 0.25) is 10.0 Å². The highest BCUT2D eigenvalue weighted by Gasteiger charge is 2.43. The summed E-state index contributed by atoms with van der Waals surface area (Å²) in [5, 5.41) is 1.09. The predicted molar refractivity (Wildman–Crippen MR) is 159 cm³/mol. The molecular formula is C29H26Cl2IN3O4. The Morgan fingerprint density at radius 2 is 1.59 bits per heavy atom.